The molecule has 0 aliphatic carbocycles. The molecule has 4 rings (SSSR count). The van der Waals surface area contributed by atoms with Crippen molar-refractivity contribution < 1.29 is 28.9 Å². The van der Waals surface area contributed by atoms with E-state index in [1.165, 1.54) is 0 Å². The number of benzene rings is 2. The lowest BCUT2D eigenvalue weighted by atomic mass is 9.94. The highest BCUT2D eigenvalue weighted by Crippen LogP contribution is 2.42. The Morgan fingerprint density at radius 3 is 2.55 bits per heavy atom. The van der Waals surface area contributed by atoms with Crippen molar-refractivity contribution in [2.75, 3.05) is 39.9 Å². The lowest BCUT2D eigenvalue weighted by Gasteiger charge is -2.27. The Morgan fingerprint density at radius 1 is 1.11 bits per heavy atom. The van der Waals surface area contributed by atoms with Crippen molar-refractivity contribution in [1.82, 2.24) is 9.80 Å². The Hall–Kier alpha value is -3.52. The summed E-state index contributed by atoms with van der Waals surface area (Å²) in [6, 6.07) is 10.0. The maximum atomic E-state index is 13.4. The summed E-state index contributed by atoms with van der Waals surface area (Å²) >= 11 is 0. The molecule has 1 N–H and O–H groups in total. The summed E-state index contributed by atoms with van der Waals surface area (Å²) in [5.41, 5.74) is 2.21. The Bertz CT molecular complexity index is 1220. The highest BCUT2D eigenvalue weighted by atomic mass is 16.5. The average molecular weight is 523 g/mol. The highest BCUT2D eigenvalue weighted by molar-refractivity contribution is 6.46. The summed E-state index contributed by atoms with van der Waals surface area (Å²) in [6.07, 6.45) is 1.47. The molecular formula is C30H38N2O6. The molecule has 2 atom stereocenters. The first kappa shape index (κ1) is 27.5. The molecule has 0 aromatic heterocycles. The van der Waals surface area contributed by atoms with Gasteiger partial charge in [0, 0.05) is 18.5 Å². The fraction of sp³-hybridized carbons (Fsp3) is 0.467. The first-order valence-corrected chi connectivity index (χ1v) is 13.4. The van der Waals surface area contributed by atoms with Crippen LogP contribution in [0, 0.1) is 0 Å². The average Bonchev–Trinajstić information content (AvgIpc) is 3.42. The minimum Gasteiger partial charge on any atom is -0.507 e. The van der Waals surface area contributed by atoms with Crippen molar-refractivity contribution in [3.8, 4) is 17.2 Å². The van der Waals surface area contributed by atoms with Crippen LogP contribution in [-0.4, -0.2) is 72.6 Å². The monoisotopic (exact) mass is 522 g/mol. The summed E-state index contributed by atoms with van der Waals surface area (Å²) in [6.45, 7) is 11.6. The number of aliphatic hydroxyl groups is 1. The summed E-state index contributed by atoms with van der Waals surface area (Å²) in [7, 11) is 1.55. The SMILES string of the molecule is CCOc1ccc([C@H]2/C(=C(\O)c3ccc4c(c3)C[C@@H](C)O4)C(=O)C(=O)N2CCCN(CC)CC)cc1OC. The van der Waals surface area contributed by atoms with Gasteiger partial charge in [-0.05, 0) is 81.4 Å². The number of fused-ring (bicyclic) bond motifs is 1. The number of hydrogen-bond donors (Lipinski definition) is 1. The third kappa shape index (κ3) is 5.36. The van der Waals surface area contributed by atoms with Crippen LogP contribution in [0.2, 0.25) is 0 Å². The van der Waals surface area contributed by atoms with E-state index >= 15 is 0 Å². The highest BCUT2D eigenvalue weighted by Gasteiger charge is 2.46. The number of ketones is 1. The smallest absolute Gasteiger partial charge is 0.295 e. The van der Waals surface area contributed by atoms with Crippen LogP contribution < -0.4 is 14.2 Å². The van der Waals surface area contributed by atoms with Crippen LogP contribution in [0.1, 0.15) is 56.8 Å². The number of carbonyl (C=O) groups is 2. The van der Waals surface area contributed by atoms with Gasteiger partial charge < -0.3 is 29.1 Å². The third-order valence-electron chi connectivity index (χ3n) is 7.28. The van der Waals surface area contributed by atoms with Crippen molar-refractivity contribution in [1.29, 1.82) is 0 Å². The van der Waals surface area contributed by atoms with Gasteiger partial charge in [-0.25, -0.2) is 0 Å². The zero-order valence-corrected chi connectivity index (χ0v) is 23.0. The Balaban J connectivity index is 1.78. The topological polar surface area (TPSA) is 88.5 Å². The van der Waals surface area contributed by atoms with Crippen molar-refractivity contribution in [2.45, 2.75) is 52.7 Å². The second-order valence-electron chi connectivity index (χ2n) is 9.67. The number of hydrogen-bond acceptors (Lipinski definition) is 7. The van der Waals surface area contributed by atoms with Gasteiger partial charge in [0.05, 0.1) is 25.3 Å². The van der Waals surface area contributed by atoms with Gasteiger partial charge >= 0.3 is 0 Å². The van der Waals surface area contributed by atoms with Crippen molar-refractivity contribution >= 4 is 17.4 Å². The van der Waals surface area contributed by atoms with E-state index in [0.29, 0.717) is 42.2 Å². The Morgan fingerprint density at radius 2 is 1.87 bits per heavy atom. The van der Waals surface area contributed by atoms with Crippen LogP contribution in [0.15, 0.2) is 42.0 Å². The van der Waals surface area contributed by atoms with E-state index in [4.69, 9.17) is 14.2 Å². The molecule has 2 aromatic rings. The van der Waals surface area contributed by atoms with Gasteiger partial charge in [-0.3, -0.25) is 9.59 Å². The third-order valence-corrected chi connectivity index (χ3v) is 7.28. The van der Waals surface area contributed by atoms with Crippen LogP contribution in [-0.2, 0) is 16.0 Å². The number of nitrogens with zero attached hydrogens (tertiary/aromatic N) is 2. The lowest BCUT2D eigenvalue weighted by Crippen LogP contribution is -2.33. The standard InChI is InChI=1S/C30H38N2O6/c1-6-31(7-2)14-9-15-32-27(20-10-13-24(37-8-3)25(18-20)36-5)26(29(34)30(32)35)28(33)21-11-12-23-22(17-21)16-19(4)38-23/h10-13,17-19,27,33H,6-9,14-16H2,1-5H3/b28-26+/t19-,27+/m1/s1. The molecule has 1 fully saturated rings. The summed E-state index contributed by atoms with van der Waals surface area (Å²) < 4.78 is 17.0. The molecule has 8 nitrogen and oxygen atoms in total. The van der Waals surface area contributed by atoms with E-state index < -0.39 is 17.7 Å². The van der Waals surface area contributed by atoms with E-state index in [-0.39, 0.29) is 17.4 Å². The van der Waals surface area contributed by atoms with Crippen LogP contribution in [0.5, 0.6) is 17.2 Å². The minimum atomic E-state index is -0.750. The Kier molecular flexibility index (Phi) is 8.62. The molecule has 0 unspecified atom stereocenters. The fourth-order valence-electron chi connectivity index (χ4n) is 5.32. The van der Waals surface area contributed by atoms with Crippen molar-refractivity contribution in [3.63, 3.8) is 0 Å². The van der Waals surface area contributed by atoms with Crippen LogP contribution in [0.25, 0.3) is 5.76 Å². The van der Waals surface area contributed by atoms with Gasteiger partial charge in [-0.2, -0.15) is 0 Å². The molecule has 1 saturated heterocycles. The molecule has 0 bridgehead atoms. The molecule has 204 valence electrons. The van der Waals surface area contributed by atoms with Crippen molar-refractivity contribution in [3.05, 3.63) is 58.7 Å². The predicted octanol–water partition coefficient (Wildman–Crippen LogP) is 4.57. The van der Waals surface area contributed by atoms with Crippen LogP contribution in [0.3, 0.4) is 0 Å². The number of methoxy groups -OCH3 is 1. The Labute approximate surface area is 224 Å². The quantitative estimate of drug-likeness (QED) is 0.263. The van der Waals surface area contributed by atoms with Crippen LogP contribution in [0.4, 0.5) is 0 Å². The van der Waals surface area contributed by atoms with E-state index in [0.717, 1.165) is 37.4 Å². The normalized spacial score (nSPS) is 20.1. The first-order valence-electron chi connectivity index (χ1n) is 13.4. The molecule has 2 aromatic carbocycles. The van der Waals surface area contributed by atoms with Gasteiger partial charge in [0.25, 0.3) is 11.7 Å². The molecule has 2 aliphatic rings. The number of carbonyl (C=O) groups excluding carboxylic acids is 2. The van der Waals surface area contributed by atoms with Gasteiger partial charge in [0.15, 0.2) is 11.5 Å². The number of Topliss-reactive ketones (excluding diaryl/α,β-unsaturated/α-hetero) is 1. The lowest BCUT2D eigenvalue weighted by molar-refractivity contribution is -0.140. The van der Waals surface area contributed by atoms with E-state index in [1.54, 1.807) is 30.2 Å². The summed E-state index contributed by atoms with van der Waals surface area (Å²) in [5.74, 6) is 0.371. The summed E-state index contributed by atoms with van der Waals surface area (Å²) in [5, 5.41) is 11.5. The fourth-order valence-corrected chi connectivity index (χ4v) is 5.32. The van der Waals surface area contributed by atoms with Gasteiger partial charge in [0.1, 0.15) is 17.6 Å². The predicted molar refractivity (Wildman–Crippen MR) is 146 cm³/mol. The van der Waals surface area contributed by atoms with Crippen LogP contribution >= 0.6 is 0 Å². The molecule has 2 aliphatic heterocycles. The zero-order valence-electron chi connectivity index (χ0n) is 23.0. The van der Waals surface area contributed by atoms with Gasteiger partial charge in [-0.15, -0.1) is 0 Å². The molecule has 2 heterocycles. The number of amides is 1. The maximum Gasteiger partial charge on any atom is 0.295 e. The van der Waals surface area contributed by atoms with Gasteiger partial charge in [0.2, 0.25) is 0 Å². The molecule has 0 saturated carbocycles. The van der Waals surface area contributed by atoms with E-state index in [2.05, 4.69) is 18.7 Å². The largest absolute Gasteiger partial charge is 0.507 e. The number of aliphatic hydroxyl groups excluding tert-OH is 1. The summed E-state index contributed by atoms with van der Waals surface area (Å²) in [4.78, 5) is 30.6. The minimum absolute atomic E-state index is 0.0510. The second-order valence-corrected chi connectivity index (χ2v) is 9.67. The maximum absolute atomic E-state index is 13.4. The number of ether oxygens (including phenoxy) is 3. The molecular weight excluding hydrogens is 484 g/mol. The molecule has 8 heteroatoms. The number of rotatable bonds is 11. The number of likely N-dealkylation sites (tertiary alicyclic amines) is 1. The molecule has 38 heavy (non-hydrogen) atoms. The zero-order chi connectivity index (χ0) is 27.4. The van der Waals surface area contributed by atoms with E-state index in [1.807, 2.05) is 32.0 Å². The molecule has 1 amide bonds. The van der Waals surface area contributed by atoms with Crippen molar-refractivity contribution in [2.24, 2.45) is 0 Å². The van der Waals surface area contributed by atoms with E-state index in [9.17, 15) is 14.7 Å². The van der Waals surface area contributed by atoms with Gasteiger partial charge in [-0.1, -0.05) is 19.9 Å². The molecule has 0 spiro atoms. The first-order chi connectivity index (χ1) is 18.3. The molecule has 0 radical (unpaired) electrons. The second kappa shape index (κ2) is 11.9.